The third-order valence-corrected chi connectivity index (χ3v) is 2.85. The standard InChI is InChI=1S/C13H25N3O4/c1-8(2)11(12(18)15-9(3)13(19)20)16-10(17)6-4-5-7-14/h8-9,11H,4-7,14H2,1-3H3,(H,15,18)(H,16,17)(H,19,20)/t9-,11-/m0/s1. The van der Waals surface area contributed by atoms with Gasteiger partial charge >= 0.3 is 5.97 Å². The Morgan fingerprint density at radius 2 is 1.70 bits per heavy atom. The van der Waals surface area contributed by atoms with Gasteiger partial charge in [-0.2, -0.15) is 0 Å². The Labute approximate surface area is 119 Å². The van der Waals surface area contributed by atoms with E-state index in [1.807, 2.05) is 0 Å². The topological polar surface area (TPSA) is 122 Å². The molecule has 7 nitrogen and oxygen atoms in total. The molecule has 0 rings (SSSR count). The van der Waals surface area contributed by atoms with Gasteiger partial charge in [-0.05, 0) is 32.2 Å². The van der Waals surface area contributed by atoms with Crippen LogP contribution in [0.1, 0.15) is 40.0 Å². The summed E-state index contributed by atoms with van der Waals surface area (Å²) in [5.41, 5.74) is 5.34. The first-order valence-electron chi connectivity index (χ1n) is 6.82. The van der Waals surface area contributed by atoms with E-state index in [-0.39, 0.29) is 11.8 Å². The number of carboxylic acids is 1. The summed E-state index contributed by atoms with van der Waals surface area (Å²) >= 11 is 0. The molecule has 0 aromatic carbocycles. The van der Waals surface area contributed by atoms with Crippen LogP contribution in [-0.2, 0) is 14.4 Å². The van der Waals surface area contributed by atoms with E-state index in [9.17, 15) is 14.4 Å². The molecular weight excluding hydrogens is 262 g/mol. The fraction of sp³-hybridized carbons (Fsp3) is 0.769. The number of nitrogens with one attached hydrogen (secondary N) is 2. The van der Waals surface area contributed by atoms with Gasteiger partial charge in [-0.15, -0.1) is 0 Å². The van der Waals surface area contributed by atoms with E-state index in [1.54, 1.807) is 13.8 Å². The molecule has 0 fully saturated rings. The number of carbonyl (C=O) groups is 3. The van der Waals surface area contributed by atoms with Crippen LogP contribution in [0, 0.1) is 5.92 Å². The van der Waals surface area contributed by atoms with Gasteiger partial charge in [-0.1, -0.05) is 13.8 Å². The molecule has 0 aromatic heterocycles. The van der Waals surface area contributed by atoms with E-state index in [0.717, 1.165) is 6.42 Å². The summed E-state index contributed by atoms with van der Waals surface area (Å²) in [6.07, 6.45) is 1.73. The molecule has 0 radical (unpaired) electrons. The lowest BCUT2D eigenvalue weighted by Crippen LogP contribution is -2.53. The smallest absolute Gasteiger partial charge is 0.325 e. The summed E-state index contributed by atoms with van der Waals surface area (Å²) in [7, 11) is 0. The van der Waals surface area contributed by atoms with Crippen LogP contribution in [0.25, 0.3) is 0 Å². The molecule has 2 atom stereocenters. The summed E-state index contributed by atoms with van der Waals surface area (Å²) in [6.45, 7) is 5.48. The van der Waals surface area contributed by atoms with Gasteiger partial charge in [0.2, 0.25) is 11.8 Å². The van der Waals surface area contributed by atoms with Crippen molar-refractivity contribution in [2.75, 3.05) is 6.54 Å². The number of carbonyl (C=O) groups excluding carboxylic acids is 2. The van der Waals surface area contributed by atoms with E-state index >= 15 is 0 Å². The molecular formula is C13H25N3O4. The summed E-state index contributed by atoms with van der Waals surface area (Å²) in [5, 5.41) is 13.8. The molecule has 116 valence electrons. The number of rotatable bonds is 9. The second kappa shape index (κ2) is 9.30. The van der Waals surface area contributed by atoms with Crippen molar-refractivity contribution in [1.82, 2.24) is 10.6 Å². The number of amides is 2. The largest absolute Gasteiger partial charge is 0.480 e. The highest BCUT2D eigenvalue weighted by Crippen LogP contribution is 2.04. The Morgan fingerprint density at radius 3 is 2.15 bits per heavy atom. The first-order chi connectivity index (χ1) is 9.29. The predicted octanol–water partition coefficient (Wildman–Crippen LogP) is -0.154. The number of aliphatic carboxylic acids is 1. The summed E-state index contributed by atoms with van der Waals surface area (Å²) in [5.74, 6) is -1.96. The van der Waals surface area contributed by atoms with Crippen LogP contribution >= 0.6 is 0 Å². The van der Waals surface area contributed by atoms with Crippen molar-refractivity contribution in [2.45, 2.75) is 52.1 Å². The monoisotopic (exact) mass is 287 g/mol. The highest BCUT2D eigenvalue weighted by atomic mass is 16.4. The van der Waals surface area contributed by atoms with Gasteiger partial charge in [0.15, 0.2) is 0 Å². The number of hydrogen-bond acceptors (Lipinski definition) is 4. The summed E-state index contributed by atoms with van der Waals surface area (Å²) < 4.78 is 0. The van der Waals surface area contributed by atoms with Crippen molar-refractivity contribution in [1.29, 1.82) is 0 Å². The molecule has 0 aromatic rings. The fourth-order valence-corrected chi connectivity index (χ4v) is 1.58. The Hall–Kier alpha value is -1.63. The van der Waals surface area contributed by atoms with Crippen molar-refractivity contribution in [2.24, 2.45) is 11.7 Å². The molecule has 0 aliphatic rings. The van der Waals surface area contributed by atoms with Crippen molar-refractivity contribution in [3.05, 3.63) is 0 Å². The zero-order valence-electron chi connectivity index (χ0n) is 12.3. The highest BCUT2D eigenvalue weighted by Gasteiger charge is 2.26. The number of hydrogen-bond donors (Lipinski definition) is 4. The van der Waals surface area contributed by atoms with Gasteiger partial charge in [0.05, 0.1) is 0 Å². The first kappa shape index (κ1) is 18.4. The minimum absolute atomic E-state index is 0.130. The molecule has 0 saturated heterocycles. The van der Waals surface area contributed by atoms with Crippen LogP contribution in [0.15, 0.2) is 0 Å². The molecule has 20 heavy (non-hydrogen) atoms. The van der Waals surface area contributed by atoms with Gasteiger partial charge in [-0.3, -0.25) is 14.4 Å². The van der Waals surface area contributed by atoms with Gasteiger partial charge in [0, 0.05) is 6.42 Å². The summed E-state index contributed by atoms with van der Waals surface area (Å²) in [4.78, 5) is 34.4. The lowest BCUT2D eigenvalue weighted by atomic mass is 10.0. The molecule has 0 saturated carbocycles. The van der Waals surface area contributed by atoms with E-state index < -0.39 is 24.0 Å². The maximum absolute atomic E-state index is 12.0. The average molecular weight is 287 g/mol. The Balaban J connectivity index is 4.45. The molecule has 5 N–H and O–H groups in total. The van der Waals surface area contributed by atoms with E-state index in [4.69, 9.17) is 10.8 Å². The van der Waals surface area contributed by atoms with Crippen molar-refractivity contribution >= 4 is 17.8 Å². The lowest BCUT2D eigenvalue weighted by Gasteiger charge is -2.23. The predicted molar refractivity (Wildman–Crippen MR) is 74.9 cm³/mol. The fourth-order valence-electron chi connectivity index (χ4n) is 1.58. The minimum Gasteiger partial charge on any atom is -0.480 e. The zero-order valence-corrected chi connectivity index (χ0v) is 12.3. The first-order valence-corrected chi connectivity index (χ1v) is 6.82. The van der Waals surface area contributed by atoms with Gasteiger partial charge in [0.25, 0.3) is 0 Å². The molecule has 0 bridgehead atoms. The molecule has 0 heterocycles. The molecule has 0 unspecified atom stereocenters. The van der Waals surface area contributed by atoms with Gasteiger partial charge in [0.1, 0.15) is 12.1 Å². The summed E-state index contributed by atoms with van der Waals surface area (Å²) in [6, 6.07) is -1.72. The van der Waals surface area contributed by atoms with E-state index in [1.165, 1.54) is 6.92 Å². The van der Waals surface area contributed by atoms with E-state index in [0.29, 0.717) is 19.4 Å². The lowest BCUT2D eigenvalue weighted by molar-refractivity contribution is -0.142. The van der Waals surface area contributed by atoms with Crippen LogP contribution in [0.5, 0.6) is 0 Å². The average Bonchev–Trinajstić information content (AvgIpc) is 2.35. The SMILES string of the molecule is CC(C)[C@H](NC(=O)CCCCN)C(=O)N[C@@H](C)C(=O)O. The second-order valence-electron chi connectivity index (χ2n) is 5.10. The van der Waals surface area contributed by atoms with Crippen LogP contribution in [0.3, 0.4) is 0 Å². The van der Waals surface area contributed by atoms with Crippen LogP contribution in [-0.4, -0.2) is 41.5 Å². The highest BCUT2D eigenvalue weighted by molar-refractivity contribution is 5.90. The van der Waals surface area contributed by atoms with Crippen LogP contribution < -0.4 is 16.4 Å². The van der Waals surface area contributed by atoms with Crippen LogP contribution in [0.2, 0.25) is 0 Å². The van der Waals surface area contributed by atoms with Crippen molar-refractivity contribution in [3.63, 3.8) is 0 Å². The second-order valence-corrected chi connectivity index (χ2v) is 5.10. The van der Waals surface area contributed by atoms with E-state index in [2.05, 4.69) is 10.6 Å². The molecule has 7 heteroatoms. The minimum atomic E-state index is -1.12. The van der Waals surface area contributed by atoms with Crippen LogP contribution in [0.4, 0.5) is 0 Å². The molecule has 0 spiro atoms. The number of unbranched alkanes of at least 4 members (excludes halogenated alkanes) is 1. The van der Waals surface area contributed by atoms with Gasteiger partial charge < -0.3 is 21.5 Å². The Morgan fingerprint density at radius 1 is 1.10 bits per heavy atom. The number of carboxylic acid groups (broad SMARTS) is 1. The molecule has 0 aliphatic carbocycles. The molecule has 0 aliphatic heterocycles. The normalized spacial score (nSPS) is 13.7. The van der Waals surface area contributed by atoms with Gasteiger partial charge in [-0.25, -0.2) is 0 Å². The maximum Gasteiger partial charge on any atom is 0.325 e. The molecule has 2 amide bonds. The maximum atomic E-state index is 12.0. The quantitative estimate of drug-likeness (QED) is 0.439. The number of nitrogens with two attached hydrogens (primary N) is 1. The third-order valence-electron chi connectivity index (χ3n) is 2.85. The Kier molecular flexibility index (Phi) is 8.54. The third kappa shape index (κ3) is 7.08. The zero-order chi connectivity index (χ0) is 15.7. The van der Waals surface area contributed by atoms with Crippen molar-refractivity contribution in [3.8, 4) is 0 Å². The van der Waals surface area contributed by atoms with Crippen molar-refractivity contribution < 1.29 is 19.5 Å². The Bertz CT molecular complexity index is 345.